The van der Waals surface area contributed by atoms with Gasteiger partial charge in [0, 0.05) is 19.0 Å². The van der Waals surface area contributed by atoms with Crippen LogP contribution in [-0.4, -0.2) is 42.2 Å². The van der Waals surface area contributed by atoms with Gasteiger partial charge in [0.05, 0.1) is 22.6 Å². The number of nitro groups is 1. The number of fused-ring (bicyclic) bond motifs is 1. The number of carbonyl (C=O) groups is 1. The Morgan fingerprint density at radius 3 is 2.70 bits per heavy atom. The standard InChI is InChI=1S/C18H22N4O5/c1-21(8-4-7-19)17(18(23)20-12-5-2-3-6-12)13-9-15-16(27-11-26-15)10-14(13)22(24)25/h9-10,12,17H,2-6,8,11H2,1H3,(H,20,23). The molecular formula is C18H22N4O5. The summed E-state index contributed by atoms with van der Waals surface area (Å²) < 4.78 is 10.6. The minimum absolute atomic E-state index is 0.0147. The Kier molecular flexibility index (Phi) is 5.76. The summed E-state index contributed by atoms with van der Waals surface area (Å²) in [4.78, 5) is 25.8. The predicted octanol–water partition coefficient (Wildman–Crippen LogP) is 2.27. The molecule has 1 aromatic carbocycles. The van der Waals surface area contributed by atoms with Crippen molar-refractivity contribution in [2.75, 3.05) is 20.4 Å². The number of nitriles is 1. The number of carbonyl (C=O) groups excluding carboxylic acids is 1. The number of hydrogen-bond donors (Lipinski definition) is 1. The largest absolute Gasteiger partial charge is 0.454 e. The van der Waals surface area contributed by atoms with Crippen LogP contribution in [0.4, 0.5) is 5.69 Å². The highest BCUT2D eigenvalue weighted by atomic mass is 16.7. The molecule has 9 nitrogen and oxygen atoms in total. The lowest BCUT2D eigenvalue weighted by Crippen LogP contribution is -2.43. The molecule has 1 saturated carbocycles. The highest BCUT2D eigenvalue weighted by Gasteiger charge is 2.35. The molecule has 0 spiro atoms. The fraction of sp³-hybridized carbons (Fsp3) is 0.556. The number of amides is 1. The average Bonchev–Trinajstić information content (AvgIpc) is 3.30. The van der Waals surface area contributed by atoms with Gasteiger partial charge in [0.25, 0.3) is 5.69 Å². The maximum atomic E-state index is 13.0. The van der Waals surface area contributed by atoms with E-state index in [1.54, 1.807) is 11.9 Å². The van der Waals surface area contributed by atoms with Crippen LogP contribution in [-0.2, 0) is 4.79 Å². The number of nitrogens with one attached hydrogen (secondary N) is 1. The third-order valence-corrected chi connectivity index (χ3v) is 4.98. The van der Waals surface area contributed by atoms with Crippen molar-refractivity contribution in [2.45, 2.75) is 44.2 Å². The monoisotopic (exact) mass is 374 g/mol. The molecule has 1 heterocycles. The Hall–Kier alpha value is -2.86. The minimum Gasteiger partial charge on any atom is -0.454 e. The van der Waals surface area contributed by atoms with Crippen LogP contribution >= 0.6 is 0 Å². The molecule has 1 fully saturated rings. The molecule has 1 amide bonds. The molecule has 1 aliphatic carbocycles. The van der Waals surface area contributed by atoms with Crippen molar-refractivity contribution >= 4 is 11.6 Å². The summed E-state index contributed by atoms with van der Waals surface area (Å²) in [6.07, 6.45) is 4.14. The summed E-state index contributed by atoms with van der Waals surface area (Å²) >= 11 is 0. The van der Waals surface area contributed by atoms with Crippen LogP contribution in [0.1, 0.15) is 43.7 Å². The van der Waals surface area contributed by atoms with E-state index in [1.165, 1.54) is 12.1 Å². The van der Waals surface area contributed by atoms with Gasteiger partial charge >= 0.3 is 0 Å². The van der Waals surface area contributed by atoms with E-state index in [-0.39, 0.29) is 36.4 Å². The molecule has 27 heavy (non-hydrogen) atoms. The number of nitrogens with zero attached hydrogens (tertiary/aromatic N) is 3. The van der Waals surface area contributed by atoms with Gasteiger partial charge in [-0.1, -0.05) is 12.8 Å². The quantitative estimate of drug-likeness (QED) is 0.574. The fourth-order valence-electron chi connectivity index (χ4n) is 3.61. The van der Waals surface area contributed by atoms with Gasteiger partial charge in [-0.2, -0.15) is 5.26 Å². The molecule has 3 rings (SSSR count). The summed E-state index contributed by atoms with van der Waals surface area (Å²) in [7, 11) is 1.69. The van der Waals surface area contributed by atoms with E-state index >= 15 is 0 Å². The molecule has 9 heteroatoms. The molecular weight excluding hydrogens is 352 g/mol. The molecule has 1 aliphatic heterocycles. The predicted molar refractivity (Wildman–Crippen MR) is 95.2 cm³/mol. The summed E-state index contributed by atoms with van der Waals surface area (Å²) in [5.41, 5.74) is 0.0369. The molecule has 0 bridgehead atoms. The fourth-order valence-corrected chi connectivity index (χ4v) is 3.61. The minimum atomic E-state index is -0.895. The summed E-state index contributed by atoms with van der Waals surface area (Å²) in [5.74, 6) is 0.368. The Morgan fingerprint density at radius 1 is 1.41 bits per heavy atom. The van der Waals surface area contributed by atoms with Gasteiger partial charge in [-0.3, -0.25) is 19.8 Å². The van der Waals surface area contributed by atoms with Crippen LogP contribution in [0, 0.1) is 21.4 Å². The molecule has 2 aliphatic rings. The Labute approximate surface area is 157 Å². The second-order valence-corrected chi connectivity index (χ2v) is 6.80. The number of nitro benzene ring substituents is 1. The third-order valence-electron chi connectivity index (χ3n) is 4.98. The van der Waals surface area contributed by atoms with Crippen molar-refractivity contribution < 1.29 is 19.2 Å². The van der Waals surface area contributed by atoms with Gasteiger partial charge in [0.15, 0.2) is 11.5 Å². The van der Waals surface area contributed by atoms with E-state index in [0.717, 1.165) is 25.7 Å². The summed E-state index contributed by atoms with van der Waals surface area (Å²) in [6.45, 7) is 0.296. The van der Waals surface area contributed by atoms with Gasteiger partial charge in [-0.15, -0.1) is 0 Å². The second kappa shape index (κ2) is 8.22. The van der Waals surface area contributed by atoms with Crippen molar-refractivity contribution in [2.24, 2.45) is 0 Å². The van der Waals surface area contributed by atoms with Crippen LogP contribution in [0.5, 0.6) is 11.5 Å². The highest BCUT2D eigenvalue weighted by Crippen LogP contribution is 2.41. The molecule has 1 atom stereocenters. The number of benzene rings is 1. The molecule has 0 radical (unpaired) electrons. The lowest BCUT2D eigenvalue weighted by atomic mass is 10.0. The molecule has 144 valence electrons. The van der Waals surface area contributed by atoms with E-state index in [1.807, 2.05) is 6.07 Å². The molecule has 1 aromatic rings. The van der Waals surface area contributed by atoms with E-state index < -0.39 is 11.0 Å². The first-order valence-electron chi connectivity index (χ1n) is 8.96. The van der Waals surface area contributed by atoms with Crippen molar-refractivity contribution in [1.29, 1.82) is 5.26 Å². The highest BCUT2D eigenvalue weighted by molar-refractivity contribution is 5.85. The lowest BCUT2D eigenvalue weighted by molar-refractivity contribution is -0.385. The van der Waals surface area contributed by atoms with Crippen LogP contribution in [0.25, 0.3) is 0 Å². The Morgan fingerprint density at radius 2 is 2.07 bits per heavy atom. The zero-order valence-corrected chi connectivity index (χ0v) is 15.1. The Bertz CT molecular complexity index is 770. The van der Waals surface area contributed by atoms with E-state index in [0.29, 0.717) is 18.0 Å². The average molecular weight is 374 g/mol. The van der Waals surface area contributed by atoms with Gasteiger partial charge in [0.1, 0.15) is 6.04 Å². The SMILES string of the molecule is CN(CCC#N)C(C(=O)NC1CCCC1)c1cc2c(cc1[N+](=O)[O-])OCO2. The van der Waals surface area contributed by atoms with Gasteiger partial charge in [-0.05, 0) is 26.0 Å². The van der Waals surface area contributed by atoms with Crippen molar-refractivity contribution in [3.63, 3.8) is 0 Å². The zero-order valence-electron chi connectivity index (χ0n) is 15.1. The first-order chi connectivity index (χ1) is 13.0. The summed E-state index contributed by atoms with van der Waals surface area (Å²) in [5, 5.41) is 23.5. The number of likely N-dealkylation sites (N-methyl/N-ethyl adjacent to an activating group) is 1. The normalized spacial score (nSPS) is 16.9. The topological polar surface area (TPSA) is 118 Å². The maximum Gasteiger partial charge on any atom is 0.278 e. The maximum absolute atomic E-state index is 13.0. The van der Waals surface area contributed by atoms with E-state index in [9.17, 15) is 14.9 Å². The first kappa shape index (κ1) is 18.9. The van der Waals surface area contributed by atoms with Crippen LogP contribution in [0.15, 0.2) is 12.1 Å². The van der Waals surface area contributed by atoms with E-state index in [2.05, 4.69) is 5.32 Å². The molecule has 0 saturated heterocycles. The van der Waals surface area contributed by atoms with E-state index in [4.69, 9.17) is 14.7 Å². The molecule has 1 N–H and O–H groups in total. The number of hydrogen-bond acceptors (Lipinski definition) is 7. The number of rotatable bonds is 7. The molecule has 0 aromatic heterocycles. The van der Waals surface area contributed by atoms with Crippen LogP contribution in [0.3, 0.4) is 0 Å². The van der Waals surface area contributed by atoms with Gasteiger partial charge in [0.2, 0.25) is 12.7 Å². The smallest absolute Gasteiger partial charge is 0.278 e. The summed E-state index contributed by atoms with van der Waals surface area (Å²) in [6, 6.07) is 4.03. The van der Waals surface area contributed by atoms with Crippen molar-refractivity contribution in [3.05, 3.63) is 27.8 Å². The van der Waals surface area contributed by atoms with Crippen LogP contribution in [0.2, 0.25) is 0 Å². The lowest BCUT2D eigenvalue weighted by Gasteiger charge is -2.28. The van der Waals surface area contributed by atoms with Crippen LogP contribution < -0.4 is 14.8 Å². The zero-order chi connectivity index (χ0) is 19.4. The Balaban J connectivity index is 1.97. The first-order valence-corrected chi connectivity index (χ1v) is 8.96. The molecule has 1 unspecified atom stereocenters. The number of ether oxygens (including phenoxy) is 2. The second-order valence-electron chi connectivity index (χ2n) is 6.80. The van der Waals surface area contributed by atoms with Crippen molar-refractivity contribution in [3.8, 4) is 17.6 Å². The van der Waals surface area contributed by atoms with Gasteiger partial charge < -0.3 is 14.8 Å². The van der Waals surface area contributed by atoms with Crippen molar-refractivity contribution in [1.82, 2.24) is 10.2 Å². The third kappa shape index (κ3) is 4.11. The van der Waals surface area contributed by atoms with Gasteiger partial charge in [-0.25, -0.2) is 0 Å².